The summed E-state index contributed by atoms with van der Waals surface area (Å²) in [6.45, 7) is 2.16. The number of sulfonamides is 2. The summed E-state index contributed by atoms with van der Waals surface area (Å²) in [7, 11) is -7.26. The first kappa shape index (κ1) is 18.7. The molecular formula is C19H19N3O4S2. The van der Waals surface area contributed by atoms with Crippen molar-refractivity contribution in [3.05, 3.63) is 60.3 Å². The Morgan fingerprint density at radius 3 is 2.64 bits per heavy atom. The lowest BCUT2D eigenvalue weighted by Gasteiger charge is -2.19. The monoisotopic (exact) mass is 417 g/mol. The van der Waals surface area contributed by atoms with E-state index in [1.165, 1.54) is 10.4 Å². The number of fused-ring (bicyclic) bond motifs is 1. The van der Waals surface area contributed by atoms with Gasteiger partial charge in [-0.05, 0) is 43.2 Å². The molecule has 1 N–H and O–H groups in total. The average Bonchev–Trinajstić information content (AvgIpc) is 3.02. The van der Waals surface area contributed by atoms with E-state index >= 15 is 0 Å². The number of nitrogens with zero attached hydrogens (tertiary/aromatic N) is 2. The fourth-order valence-corrected chi connectivity index (χ4v) is 6.16. The minimum Gasteiger partial charge on any atom is -0.279 e. The molecule has 0 atom stereocenters. The molecule has 9 heteroatoms. The minimum atomic E-state index is -3.91. The zero-order valence-electron chi connectivity index (χ0n) is 15.2. The van der Waals surface area contributed by atoms with Crippen LogP contribution in [0.5, 0.6) is 0 Å². The number of rotatable bonds is 4. The molecular weight excluding hydrogens is 398 g/mol. The zero-order chi connectivity index (χ0) is 19.9. The number of aromatic nitrogens is 1. The van der Waals surface area contributed by atoms with E-state index in [0.717, 1.165) is 5.39 Å². The Balaban J connectivity index is 1.75. The van der Waals surface area contributed by atoms with Crippen molar-refractivity contribution in [1.82, 2.24) is 4.98 Å². The Hall–Kier alpha value is -2.65. The summed E-state index contributed by atoms with van der Waals surface area (Å²) in [5.41, 5.74) is 1.87. The van der Waals surface area contributed by atoms with Gasteiger partial charge in [0.15, 0.2) is 0 Å². The normalized spacial score (nSPS) is 16.4. The van der Waals surface area contributed by atoms with Gasteiger partial charge in [-0.2, -0.15) is 0 Å². The minimum absolute atomic E-state index is 0.0733. The van der Waals surface area contributed by atoms with Crippen LogP contribution >= 0.6 is 0 Å². The molecule has 1 aliphatic heterocycles. The second kappa shape index (κ2) is 6.75. The maximum Gasteiger partial charge on any atom is 0.264 e. The SMILES string of the molecule is Cc1ccc(N2CCCS2(=O)=O)cc1NS(=O)(=O)c1cccc2cccnc12. The van der Waals surface area contributed by atoms with Gasteiger partial charge in [0.25, 0.3) is 10.0 Å². The molecule has 0 bridgehead atoms. The van der Waals surface area contributed by atoms with Crippen LogP contribution in [-0.4, -0.2) is 34.1 Å². The molecule has 28 heavy (non-hydrogen) atoms. The number of benzene rings is 2. The number of para-hydroxylation sites is 1. The molecule has 0 saturated carbocycles. The Morgan fingerprint density at radius 1 is 1.11 bits per heavy atom. The number of anilines is 2. The quantitative estimate of drug-likeness (QED) is 0.704. The van der Waals surface area contributed by atoms with Crippen molar-refractivity contribution in [1.29, 1.82) is 0 Å². The summed E-state index contributed by atoms with van der Waals surface area (Å²) in [6, 6.07) is 13.5. The van der Waals surface area contributed by atoms with Gasteiger partial charge >= 0.3 is 0 Å². The summed E-state index contributed by atoms with van der Waals surface area (Å²) in [4.78, 5) is 4.28. The van der Waals surface area contributed by atoms with Crippen molar-refractivity contribution in [2.45, 2.75) is 18.2 Å². The second-order valence-corrected chi connectivity index (χ2v) is 10.3. The Kier molecular flexibility index (Phi) is 4.51. The van der Waals surface area contributed by atoms with Crippen molar-refractivity contribution in [2.24, 2.45) is 0 Å². The molecule has 0 unspecified atom stereocenters. The maximum absolute atomic E-state index is 13.0. The van der Waals surface area contributed by atoms with Gasteiger partial charge in [0, 0.05) is 18.1 Å². The first-order chi connectivity index (χ1) is 13.3. The van der Waals surface area contributed by atoms with E-state index in [4.69, 9.17) is 0 Å². The van der Waals surface area contributed by atoms with E-state index in [0.29, 0.717) is 35.4 Å². The molecule has 0 aliphatic carbocycles. The van der Waals surface area contributed by atoms with Crippen molar-refractivity contribution in [3.63, 3.8) is 0 Å². The highest BCUT2D eigenvalue weighted by molar-refractivity contribution is 7.93. The van der Waals surface area contributed by atoms with E-state index < -0.39 is 20.0 Å². The van der Waals surface area contributed by atoms with Gasteiger partial charge in [-0.25, -0.2) is 16.8 Å². The van der Waals surface area contributed by atoms with Gasteiger partial charge in [-0.1, -0.05) is 24.3 Å². The Labute approximate surface area is 164 Å². The molecule has 2 heterocycles. The lowest BCUT2D eigenvalue weighted by atomic mass is 10.2. The largest absolute Gasteiger partial charge is 0.279 e. The average molecular weight is 418 g/mol. The molecule has 4 rings (SSSR count). The molecule has 3 aromatic rings. The fourth-order valence-electron chi connectivity index (χ4n) is 3.30. The Morgan fingerprint density at radius 2 is 1.89 bits per heavy atom. The highest BCUT2D eigenvalue weighted by atomic mass is 32.2. The number of hydrogen-bond donors (Lipinski definition) is 1. The van der Waals surface area contributed by atoms with Gasteiger partial charge in [0.2, 0.25) is 10.0 Å². The highest BCUT2D eigenvalue weighted by Gasteiger charge is 2.29. The van der Waals surface area contributed by atoms with Crippen LogP contribution < -0.4 is 9.03 Å². The summed E-state index contributed by atoms with van der Waals surface area (Å²) in [5.74, 6) is 0.101. The number of hydrogen-bond acceptors (Lipinski definition) is 5. The van der Waals surface area contributed by atoms with Crippen LogP contribution in [0.15, 0.2) is 59.6 Å². The van der Waals surface area contributed by atoms with Crippen LogP contribution in [0.3, 0.4) is 0 Å². The van der Waals surface area contributed by atoms with E-state index in [1.807, 2.05) is 0 Å². The number of nitrogens with one attached hydrogen (secondary N) is 1. The Bertz CT molecular complexity index is 1270. The molecule has 146 valence electrons. The zero-order valence-corrected chi connectivity index (χ0v) is 16.8. The molecule has 0 amide bonds. The first-order valence-corrected chi connectivity index (χ1v) is 11.8. The maximum atomic E-state index is 13.0. The van der Waals surface area contributed by atoms with Crippen molar-refractivity contribution in [3.8, 4) is 0 Å². The molecule has 7 nitrogen and oxygen atoms in total. The fraction of sp³-hybridized carbons (Fsp3) is 0.211. The van der Waals surface area contributed by atoms with Crippen LogP contribution in [0, 0.1) is 6.92 Å². The van der Waals surface area contributed by atoms with Gasteiger partial charge in [0.1, 0.15) is 4.90 Å². The van der Waals surface area contributed by atoms with Gasteiger partial charge in [-0.15, -0.1) is 0 Å². The lowest BCUT2D eigenvalue weighted by molar-refractivity contribution is 0.599. The molecule has 2 aromatic carbocycles. The third-order valence-electron chi connectivity index (χ3n) is 4.74. The van der Waals surface area contributed by atoms with Crippen molar-refractivity contribution in [2.75, 3.05) is 21.3 Å². The van der Waals surface area contributed by atoms with Crippen LogP contribution in [0.4, 0.5) is 11.4 Å². The molecule has 1 fully saturated rings. The number of pyridine rings is 1. The highest BCUT2D eigenvalue weighted by Crippen LogP contribution is 2.30. The topological polar surface area (TPSA) is 96.4 Å². The van der Waals surface area contributed by atoms with Crippen LogP contribution in [0.1, 0.15) is 12.0 Å². The summed E-state index contributed by atoms with van der Waals surface area (Å²) in [5, 5.41) is 0.721. The third-order valence-corrected chi connectivity index (χ3v) is 8.00. The van der Waals surface area contributed by atoms with Crippen LogP contribution in [0.2, 0.25) is 0 Å². The summed E-state index contributed by atoms with van der Waals surface area (Å²) < 4.78 is 54.4. The van der Waals surface area contributed by atoms with Gasteiger partial charge in [-0.3, -0.25) is 14.0 Å². The summed E-state index contributed by atoms with van der Waals surface area (Å²) >= 11 is 0. The second-order valence-electron chi connectivity index (χ2n) is 6.68. The molecule has 0 spiro atoms. The smallest absolute Gasteiger partial charge is 0.264 e. The van der Waals surface area contributed by atoms with Gasteiger partial charge < -0.3 is 0 Å². The lowest BCUT2D eigenvalue weighted by Crippen LogP contribution is -2.25. The van der Waals surface area contributed by atoms with Crippen LogP contribution in [0.25, 0.3) is 10.9 Å². The van der Waals surface area contributed by atoms with E-state index in [2.05, 4.69) is 9.71 Å². The standard InChI is InChI=1S/C19H19N3O4S2/c1-14-8-9-16(22-11-4-12-27(22,23)24)13-17(14)21-28(25,26)18-7-2-5-15-6-3-10-20-19(15)18/h2-3,5-10,13,21H,4,11-12H2,1H3. The van der Waals surface area contributed by atoms with E-state index in [1.54, 1.807) is 55.6 Å². The van der Waals surface area contributed by atoms with E-state index in [-0.39, 0.29) is 10.6 Å². The van der Waals surface area contributed by atoms with Crippen molar-refractivity contribution < 1.29 is 16.8 Å². The van der Waals surface area contributed by atoms with Gasteiger partial charge in [0.05, 0.1) is 22.6 Å². The predicted molar refractivity (Wildman–Crippen MR) is 109 cm³/mol. The van der Waals surface area contributed by atoms with Crippen molar-refractivity contribution >= 4 is 42.3 Å². The molecule has 0 radical (unpaired) electrons. The van der Waals surface area contributed by atoms with E-state index in [9.17, 15) is 16.8 Å². The first-order valence-electron chi connectivity index (χ1n) is 8.76. The van der Waals surface area contributed by atoms with Crippen LogP contribution in [-0.2, 0) is 20.0 Å². The third kappa shape index (κ3) is 3.31. The number of aryl methyl sites for hydroxylation is 1. The molecule has 1 aliphatic rings. The molecule has 1 aromatic heterocycles. The molecule has 1 saturated heterocycles. The summed E-state index contributed by atoms with van der Waals surface area (Å²) in [6.07, 6.45) is 2.10. The predicted octanol–water partition coefficient (Wildman–Crippen LogP) is 2.88.